The second-order valence-corrected chi connectivity index (χ2v) is 5.36. The summed E-state index contributed by atoms with van der Waals surface area (Å²) in [5.74, 6) is 0.813. The molecule has 5 heteroatoms. The topological polar surface area (TPSA) is 54.5 Å². The molecule has 0 aromatic carbocycles. The first kappa shape index (κ1) is 15.8. The molecule has 1 unspecified atom stereocenters. The Bertz CT molecular complexity index is 447. The molecule has 116 valence electrons. The zero-order valence-electron chi connectivity index (χ0n) is 13.0. The number of likely N-dealkylation sites (tertiary alicyclic amines) is 1. The van der Waals surface area contributed by atoms with Gasteiger partial charge in [-0.2, -0.15) is 0 Å². The van der Waals surface area contributed by atoms with Crippen molar-refractivity contribution in [1.29, 1.82) is 0 Å². The van der Waals surface area contributed by atoms with Crippen LogP contribution in [0.3, 0.4) is 0 Å². The Kier molecular flexibility index (Phi) is 5.99. The second kappa shape index (κ2) is 7.98. The van der Waals surface area contributed by atoms with E-state index in [9.17, 15) is 4.79 Å². The fraction of sp³-hybridized carbons (Fsp3) is 0.625. The number of hydrogen-bond acceptors (Lipinski definition) is 5. The van der Waals surface area contributed by atoms with Crippen LogP contribution in [0, 0.1) is 0 Å². The van der Waals surface area contributed by atoms with Crippen molar-refractivity contribution in [1.82, 2.24) is 9.88 Å². The third-order valence-corrected chi connectivity index (χ3v) is 3.69. The summed E-state index contributed by atoms with van der Waals surface area (Å²) in [7, 11) is 0. The van der Waals surface area contributed by atoms with Crippen LogP contribution in [0.15, 0.2) is 18.3 Å². The van der Waals surface area contributed by atoms with E-state index in [-0.39, 0.29) is 12.0 Å². The number of nitrogens with one attached hydrogen (secondary N) is 1. The third-order valence-electron chi connectivity index (χ3n) is 3.69. The van der Waals surface area contributed by atoms with E-state index in [4.69, 9.17) is 4.74 Å². The molecule has 2 heterocycles. The fourth-order valence-electron chi connectivity index (χ4n) is 2.63. The minimum atomic E-state index is -0.0946. The van der Waals surface area contributed by atoms with Crippen molar-refractivity contribution in [3.8, 4) is 0 Å². The molecule has 0 aliphatic carbocycles. The lowest BCUT2D eigenvalue weighted by molar-refractivity contribution is -0.148. The van der Waals surface area contributed by atoms with Crippen LogP contribution >= 0.6 is 0 Å². The first-order chi connectivity index (χ1) is 10.2. The van der Waals surface area contributed by atoms with Crippen molar-refractivity contribution >= 4 is 11.8 Å². The molecular formula is C16H25N3O2. The van der Waals surface area contributed by atoms with Gasteiger partial charge in [0.2, 0.25) is 0 Å². The molecular weight excluding hydrogens is 266 g/mol. The van der Waals surface area contributed by atoms with Crippen molar-refractivity contribution in [2.45, 2.75) is 45.7 Å². The molecule has 21 heavy (non-hydrogen) atoms. The molecule has 1 N–H and O–H groups in total. The molecule has 0 saturated carbocycles. The van der Waals surface area contributed by atoms with E-state index in [0.29, 0.717) is 6.61 Å². The number of aromatic nitrogens is 1. The molecule has 1 aromatic rings. The summed E-state index contributed by atoms with van der Waals surface area (Å²) < 4.78 is 5.15. The van der Waals surface area contributed by atoms with Crippen molar-refractivity contribution in [3.05, 3.63) is 23.9 Å². The van der Waals surface area contributed by atoms with Crippen LogP contribution in [-0.4, -0.2) is 41.6 Å². The van der Waals surface area contributed by atoms with Crippen LogP contribution in [0.25, 0.3) is 0 Å². The molecule has 1 atom stereocenters. The Morgan fingerprint density at radius 2 is 2.33 bits per heavy atom. The first-order valence-electron chi connectivity index (χ1n) is 7.84. The Labute approximate surface area is 126 Å². The molecule has 1 aliphatic heterocycles. The van der Waals surface area contributed by atoms with Gasteiger partial charge in [0.25, 0.3) is 0 Å². The molecule has 0 bridgehead atoms. The largest absolute Gasteiger partial charge is 0.465 e. The Balaban J connectivity index is 1.92. The molecule has 1 aliphatic rings. The maximum absolute atomic E-state index is 11.9. The van der Waals surface area contributed by atoms with Gasteiger partial charge in [-0.1, -0.05) is 13.0 Å². The van der Waals surface area contributed by atoms with Crippen molar-refractivity contribution in [2.24, 2.45) is 0 Å². The molecule has 0 spiro atoms. The minimum absolute atomic E-state index is 0.0933. The van der Waals surface area contributed by atoms with Crippen LogP contribution in [0.4, 0.5) is 5.82 Å². The standard InChI is InChI=1S/C16H25N3O2/c1-3-9-17-15-8-7-13(11-18-15)12-19-10-5-6-14(19)16(20)21-4-2/h7-8,11,14H,3-6,9-10,12H2,1-2H3,(H,17,18). The van der Waals surface area contributed by atoms with E-state index in [2.05, 4.69) is 28.2 Å². The molecule has 2 rings (SSSR count). The monoisotopic (exact) mass is 291 g/mol. The van der Waals surface area contributed by atoms with Gasteiger partial charge in [0.05, 0.1) is 6.61 Å². The maximum atomic E-state index is 11.9. The average molecular weight is 291 g/mol. The van der Waals surface area contributed by atoms with E-state index in [1.165, 1.54) is 0 Å². The van der Waals surface area contributed by atoms with Crippen molar-refractivity contribution < 1.29 is 9.53 Å². The zero-order valence-corrected chi connectivity index (χ0v) is 13.0. The highest BCUT2D eigenvalue weighted by Crippen LogP contribution is 2.21. The van der Waals surface area contributed by atoms with Gasteiger partial charge in [-0.05, 0) is 44.4 Å². The van der Waals surface area contributed by atoms with Gasteiger partial charge in [0, 0.05) is 19.3 Å². The number of hydrogen-bond donors (Lipinski definition) is 1. The average Bonchev–Trinajstić information content (AvgIpc) is 2.95. The van der Waals surface area contributed by atoms with E-state index >= 15 is 0 Å². The van der Waals surface area contributed by atoms with Crippen LogP contribution in [-0.2, 0) is 16.1 Å². The van der Waals surface area contributed by atoms with Gasteiger partial charge in [-0.25, -0.2) is 4.98 Å². The van der Waals surface area contributed by atoms with E-state index in [1.807, 2.05) is 19.2 Å². The van der Waals surface area contributed by atoms with E-state index in [0.717, 1.165) is 50.3 Å². The maximum Gasteiger partial charge on any atom is 0.323 e. The number of anilines is 1. The van der Waals surface area contributed by atoms with Gasteiger partial charge in [-0.15, -0.1) is 0 Å². The smallest absolute Gasteiger partial charge is 0.323 e. The molecule has 5 nitrogen and oxygen atoms in total. The van der Waals surface area contributed by atoms with Crippen LogP contribution < -0.4 is 5.32 Å². The first-order valence-corrected chi connectivity index (χ1v) is 7.84. The lowest BCUT2D eigenvalue weighted by atomic mass is 10.2. The highest BCUT2D eigenvalue weighted by molar-refractivity contribution is 5.76. The number of ether oxygens (including phenoxy) is 1. The molecule has 0 amide bonds. The summed E-state index contributed by atoms with van der Waals surface area (Å²) >= 11 is 0. The molecule has 1 fully saturated rings. The van der Waals surface area contributed by atoms with Crippen LogP contribution in [0.1, 0.15) is 38.7 Å². The summed E-state index contributed by atoms with van der Waals surface area (Å²) in [6.07, 6.45) is 4.91. The third kappa shape index (κ3) is 4.43. The molecule has 0 radical (unpaired) electrons. The summed E-state index contributed by atoms with van der Waals surface area (Å²) in [4.78, 5) is 18.5. The number of esters is 1. The van der Waals surface area contributed by atoms with E-state index in [1.54, 1.807) is 0 Å². The number of pyridine rings is 1. The highest BCUT2D eigenvalue weighted by atomic mass is 16.5. The lowest BCUT2D eigenvalue weighted by Gasteiger charge is -2.22. The Morgan fingerprint density at radius 1 is 1.48 bits per heavy atom. The quantitative estimate of drug-likeness (QED) is 0.782. The SMILES string of the molecule is CCCNc1ccc(CN2CCCC2C(=O)OCC)cn1. The van der Waals surface area contributed by atoms with Gasteiger partial charge in [0.15, 0.2) is 0 Å². The van der Waals surface area contributed by atoms with Crippen molar-refractivity contribution in [2.75, 3.05) is 25.0 Å². The van der Waals surface area contributed by atoms with Gasteiger partial charge >= 0.3 is 5.97 Å². The molecule has 1 aromatic heterocycles. The normalized spacial score (nSPS) is 18.7. The second-order valence-electron chi connectivity index (χ2n) is 5.36. The van der Waals surface area contributed by atoms with Crippen LogP contribution in [0.5, 0.6) is 0 Å². The highest BCUT2D eigenvalue weighted by Gasteiger charge is 2.31. The van der Waals surface area contributed by atoms with Crippen molar-refractivity contribution in [3.63, 3.8) is 0 Å². The summed E-state index contributed by atoms with van der Waals surface area (Å²) in [5.41, 5.74) is 1.13. The zero-order chi connectivity index (χ0) is 15.1. The fourth-order valence-corrected chi connectivity index (χ4v) is 2.63. The van der Waals surface area contributed by atoms with Gasteiger partial charge in [0.1, 0.15) is 11.9 Å². The predicted molar refractivity (Wildman–Crippen MR) is 83.1 cm³/mol. The minimum Gasteiger partial charge on any atom is -0.465 e. The van der Waals surface area contributed by atoms with Gasteiger partial charge < -0.3 is 10.1 Å². The summed E-state index contributed by atoms with van der Waals surface area (Å²) in [6, 6.07) is 3.98. The lowest BCUT2D eigenvalue weighted by Crippen LogP contribution is -2.36. The van der Waals surface area contributed by atoms with Gasteiger partial charge in [-0.3, -0.25) is 9.69 Å². The summed E-state index contributed by atoms with van der Waals surface area (Å²) in [6.45, 7) is 7.06. The Morgan fingerprint density at radius 3 is 3.00 bits per heavy atom. The van der Waals surface area contributed by atoms with Crippen LogP contribution in [0.2, 0.25) is 0 Å². The Hall–Kier alpha value is -1.62. The predicted octanol–water partition coefficient (Wildman–Crippen LogP) is 2.43. The number of nitrogens with zero attached hydrogens (tertiary/aromatic N) is 2. The summed E-state index contributed by atoms with van der Waals surface area (Å²) in [5, 5.41) is 3.26. The number of carbonyl (C=O) groups is 1. The number of rotatable bonds is 7. The molecule has 1 saturated heterocycles. The number of carbonyl (C=O) groups excluding carboxylic acids is 1. The van der Waals surface area contributed by atoms with E-state index < -0.39 is 0 Å².